The molecule has 0 radical (unpaired) electrons. The molecule has 1 unspecified atom stereocenters. The Kier molecular flexibility index (Phi) is 4.72. The Bertz CT molecular complexity index is 457. The number of rotatable bonds is 4. The summed E-state index contributed by atoms with van der Waals surface area (Å²) in [7, 11) is 1.57. The van der Waals surface area contributed by atoms with E-state index in [9.17, 15) is 9.90 Å². The maximum Gasteiger partial charge on any atom is 0.249 e. The predicted octanol–water partition coefficient (Wildman–Crippen LogP) is 2.20. The monoisotopic (exact) mass is 263 g/mol. The standard InChI is InChI=1S/C15H21NO3/c1-10(14(18)16-15(2,3)4)13(17)11-6-8-12(19-5)9-7-11/h6-9,13,17H,1H2,2-5H3,(H,16,18). The molecule has 4 heteroatoms. The largest absolute Gasteiger partial charge is 0.497 e. The van der Waals surface area contributed by atoms with E-state index in [2.05, 4.69) is 11.9 Å². The van der Waals surface area contributed by atoms with Crippen LogP contribution in [-0.4, -0.2) is 23.7 Å². The average Bonchev–Trinajstić information content (AvgIpc) is 2.35. The van der Waals surface area contributed by atoms with Crippen LogP contribution in [0, 0.1) is 0 Å². The van der Waals surface area contributed by atoms with Crippen LogP contribution in [0.15, 0.2) is 36.4 Å². The minimum atomic E-state index is -1.02. The molecule has 0 saturated heterocycles. The number of carbonyl (C=O) groups excluding carboxylic acids is 1. The number of amides is 1. The lowest BCUT2D eigenvalue weighted by Crippen LogP contribution is -2.42. The minimum Gasteiger partial charge on any atom is -0.497 e. The molecule has 0 aliphatic heterocycles. The maximum absolute atomic E-state index is 11.9. The van der Waals surface area contributed by atoms with Gasteiger partial charge in [-0.25, -0.2) is 0 Å². The third-order valence-electron chi connectivity index (χ3n) is 2.54. The van der Waals surface area contributed by atoms with Gasteiger partial charge in [-0.1, -0.05) is 18.7 Å². The molecule has 0 aliphatic rings. The van der Waals surface area contributed by atoms with Crippen molar-refractivity contribution in [2.75, 3.05) is 7.11 Å². The quantitative estimate of drug-likeness (QED) is 0.819. The lowest BCUT2D eigenvalue weighted by Gasteiger charge is -2.23. The Labute approximate surface area is 114 Å². The van der Waals surface area contributed by atoms with E-state index in [1.54, 1.807) is 31.4 Å². The molecule has 0 saturated carbocycles. The van der Waals surface area contributed by atoms with E-state index in [1.807, 2.05) is 20.8 Å². The first kappa shape index (κ1) is 15.2. The van der Waals surface area contributed by atoms with Crippen LogP contribution in [0.25, 0.3) is 0 Å². The number of ether oxygens (including phenoxy) is 1. The van der Waals surface area contributed by atoms with Crippen molar-refractivity contribution in [3.63, 3.8) is 0 Å². The Morgan fingerprint density at radius 1 is 1.32 bits per heavy atom. The summed E-state index contributed by atoms with van der Waals surface area (Å²) in [5.41, 5.74) is 0.370. The number of methoxy groups -OCH3 is 1. The van der Waals surface area contributed by atoms with Crippen LogP contribution in [0.1, 0.15) is 32.4 Å². The summed E-state index contributed by atoms with van der Waals surface area (Å²) in [4.78, 5) is 11.9. The number of aliphatic hydroxyl groups is 1. The van der Waals surface area contributed by atoms with Crippen molar-refractivity contribution in [3.8, 4) is 5.75 Å². The topological polar surface area (TPSA) is 58.6 Å². The molecule has 19 heavy (non-hydrogen) atoms. The molecule has 0 aromatic heterocycles. The molecule has 1 aromatic rings. The zero-order chi connectivity index (χ0) is 14.6. The van der Waals surface area contributed by atoms with Crippen LogP contribution in [0.2, 0.25) is 0 Å². The van der Waals surface area contributed by atoms with E-state index in [-0.39, 0.29) is 17.0 Å². The van der Waals surface area contributed by atoms with Gasteiger partial charge in [0.15, 0.2) is 0 Å². The third kappa shape index (κ3) is 4.41. The molecule has 0 spiro atoms. The first-order valence-electron chi connectivity index (χ1n) is 6.08. The summed E-state index contributed by atoms with van der Waals surface area (Å²) in [5.74, 6) is 0.344. The van der Waals surface area contributed by atoms with Gasteiger partial charge in [0.25, 0.3) is 0 Å². The number of hydrogen-bond donors (Lipinski definition) is 2. The molecule has 2 N–H and O–H groups in total. The molecule has 1 aromatic carbocycles. The van der Waals surface area contributed by atoms with Crippen LogP contribution in [0.3, 0.4) is 0 Å². The van der Waals surface area contributed by atoms with Crippen molar-refractivity contribution in [1.82, 2.24) is 5.32 Å². The van der Waals surface area contributed by atoms with Crippen LogP contribution in [-0.2, 0) is 4.79 Å². The summed E-state index contributed by atoms with van der Waals surface area (Å²) in [6, 6.07) is 6.87. The van der Waals surface area contributed by atoms with Gasteiger partial charge in [0, 0.05) is 11.1 Å². The van der Waals surface area contributed by atoms with Gasteiger partial charge in [0.2, 0.25) is 5.91 Å². The van der Waals surface area contributed by atoms with Gasteiger partial charge in [-0.3, -0.25) is 4.79 Å². The summed E-state index contributed by atoms with van der Waals surface area (Å²) in [5, 5.41) is 12.9. The van der Waals surface area contributed by atoms with Gasteiger partial charge >= 0.3 is 0 Å². The zero-order valence-electron chi connectivity index (χ0n) is 11.9. The molecular formula is C15H21NO3. The molecule has 0 fully saturated rings. The van der Waals surface area contributed by atoms with Gasteiger partial charge in [-0.05, 0) is 38.5 Å². The predicted molar refractivity (Wildman–Crippen MR) is 75.0 cm³/mol. The van der Waals surface area contributed by atoms with E-state index >= 15 is 0 Å². The molecule has 4 nitrogen and oxygen atoms in total. The third-order valence-corrected chi connectivity index (χ3v) is 2.54. The van der Waals surface area contributed by atoms with Crippen molar-refractivity contribution < 1.29 is 14.6 Å². The molecular weight excluding hydrogens is 242 g/mol. The average molecular weight is 263 g/mol. The SMILES string of the molecule is C=C(C(=O)NC(C)(C)C)C(O)c1ccc(OC)cc1. The van der Waals surface area contributed by atoms with Crippen molar-refractivity contribution in [2.45, 2.75) is 32.4 Å². The Morgan fingerprint density at radius 2 is 1.84 bits per heavy atom. The second-order valence-electron chi connectivity index (χ2n) is 5.41. The fourth-order valence-corrected chi connectivity index (χ4v) is 1.53. The highest BCUT2D eigenvalue weighted by molar-refractivity contribution is 5.94. The number of carbonyl (C=O) groups is 1. The first-order valence-corrected chi connectivity index (χ1v) is 6.08. The van der Waals surface area contributed by atoms with E-state index in [0.29, 0.717) is 11.3 Å². The van der Waals surface area contributed by atoms with Gasteiger partial charge in [0.05, 0.1) is 7.11 Å². The van der Waals surface area contributed by atoms with Crippen molar-refractivity contribution in [1.29, 1.82) is 0 Å². The number of hydrogen-bond acceptors (Lipinski definition) is 3. The molecule has 0 heterocycles. The fraction of sp³-hybridized carbons (Fsp3) is 0.400. The lowest BCUT2D eigenvalue weighted by atomic mass is 10.0. The summed E-state index contributed by atoms with van der Waals surface area (Å²) in [6.45, 7) is 9.28. The molecule has 0 aliphatic carbocycles. The highest BCUT2D eigenvalue weighted by Crippen LogP contribution is 2.23. The smallest absolute Gasteiger partial charge is 0.249 e. The highest BCUT2D eigenvalue weighted by atomic mass is 16.5. The fourth-order valence-electron chi connectivity index (χ4n) is 1.53. The molecule has 1 rings (SSSR count). The van der Waals surface area contributed by atoms with Gasteiger partial charge in [-0.2, -0.15) is 0 Å². The van der Waals surface area contributed by atoms with E-state index in [4.69, 9.17) is 4.74 Å². The summed E-state index contributed by atoms with van der Waals surface area (Å²) >= 11 is 0. The minimum absolute atomic E-state index is 0.125. The zero-order valence-corrected chi connectivity index (χ0v) is 11.9. The van der Waals surface area contributed by atoms with E-state index in [1.165, 1.54) is 0 Å². The number of nitrogens with one attached hydrogen (secondary N) is 1. The van der Waals surface area contributed by atoms with Gasteiger partial charge in [-0.15, -0.1) is 0 Å². The molecule has 1 amide bonds. The molecule has 104 valence electrons. The number of benzene rings is 1. The van der Waals surface area contributed by atoms with Gasteiger partial charge in [0.1, 0.15) is 11.9 Å². The maximum atomic E-state index is 11.9. The molecule has 0 bridgehead atoms. The van der Waals surface area contributed by atoms with E-state index in [0.717, 1.165) is 0 Å². The van der Waals surface area contributed by atoms with Crippen LogP contribution >= 0.6 is 0 Å². The van der Waals surface area contributed by atoms with Crippen molar-refractivity contribution in [2.24, 2.45) is 0 Å². The lowest BCUT2D eigenvalue weighted by molar-refractivity contribution is -0.119. The summed E-state index contributed by atoms with van der Waals surface area (Å²) < 4.78 is 5.04. The van der Waals surface area contributed by atoms with Crippen molar-refractivity contribution >= 4 is 5.91 Å². The van der Waals surface area contributed by atoms with Crippen LogP contribution < -0.4 is 10.1 Å². The Morgan fingerprint density at radius 3 is 2.26 bits per heavy atom. The van der Waals surface area contributed by atoms with E-state index < -0.39 is 6.10 Å². The first-order chi connectivity index (χ1) is 8.74. The Balaban J connectivity index is 2.78. The normalized spacial score (nSPS) is 12.7. The summed E-state index contributed by atoms with van der Waals surface area (Å²) in [6.07, 6.45) is -1.02. The molecule has 1 atom stereocenters. The highest BCUT2D eigenvalue weighted by Gasteiger charge is 2.22. The second-order valence-corrected chi connectivity index (χ2v) is 5.41. The van der Waals surface area contributed by atoms with Gasteiger partial charge < -0.3 is 15.2 Å². The van der Waals surface area contributed by atoms with Crippen LogP contribution in [0.5, 0.6) is 5.75 Å². The second kappa shape index (κ2) is 5.89. The Hall–Kier alpha value is -1.81. The number of aliphatic hydroxyl groups excluding tert-OH is 1. The van der Waals surface area contributed by atoms with Crippen molar-refractivity contribution in [3.05, 3.63) is 42.0 Å². The van der Waals surface area contributed by atoms with Crippen LogP contribution in [0.4, 0.5) is 0 Å².